The number of fused-ring (bicyclic) bond motifs is 1. The van der Waals surface area contributed by atoms with Gasteiger partial charge in [0, 0.05) is 5.02 Å². The molecule has 2 heterocycles. The lowest BCUT2D eigenvalue weighted by atomic mass is 9.77. The van der Waals surface area contributed by atoms with Crippen LogP contribution < -0.4 is 0 Å². The molecule has 4 nitrogen and oxygen atoms in total. The number of rotatable bonds is 1. The van der Waals surface area contributed by atoms with Crippen LogP contribution in [-0.2, 0) is 0 Å². The van der Waals surface area contributed by atoms with E-state index in [2.05, 4.69) is 37.2 Å². The highest BCUT2D eigenvalue weighted by Crippen LogP contribution is 2.52. The molecular weight excluding hydrogens is 310 g/mol. The van der Waals surface area contributed by atoms with E-state index in [1.807, 2.05) is 37.4 Å². The van der Waals surface area contributed by atoms with Crippen LogP contribution in [0.3, 0.4) is 0 Å². The second-order valence-corrected chi connectivity index (χ2v) is 7.67. The number of aromatic nitrogens is 3. The molecule has 0 radical (unpaired) electrons. The van der Waals surface area contributed by atoms with Gasteiger partial charge in [-0.2, -0.15) is 4.68 Å². The Bertz CT molecular complexity index is 720. The van der Waals surface area contributed by atoms with E-state index < -0.39 is 5.60 Å². The van der Waals surface area contributed by atoms with Crippen LogP contribution in [0.1, 0.15) is 39.7 Å². The van der Waals surface area contributed by atoms with Gasteiger partial charge >= 0.3 is 0 Å². The normalized spacial score (nSPS) is 28.4. The van der Waals surface area contributed by atoms with Gasteiger partial charge in [0.15, 0.2) is 5.82 Å². The number of benzene rings is 1. The average Bonchev–Trinajstić information content (AvgIpc) is 2.99. The lowest BCUT2D eigenvalue weighted by Gasteiger charge is -2.34. The van der Waals surface area contributed by atoms with Crippen LogP contribution in [0.4, 0.5) is 0 Å². The molecule has 1 fully saturated rings. The summed E-state index contributed by atoms with van der Waals surface area (Å²) in [5.74, 6) is 1.43. The van der Waals surface area contributed by atoms with E-state index in [4.69, 9.17) is 11.6 Å². The monoisotopic (exact) mass is 331 g/mol. The molecule has 122 valence electrons. The maximum atomic E-state index is 10.8. The summed E-state index contributed by atoms with van der Waals surface area (Å²) < 4.78 is 1.72. The van der Waals surface area contributed by atoms with Crippen molar-refractivity contribution in [3.05, 3.63) is 46.6 Å². The number of halogens is 1. The molecule has 5 heteroatoms. The summed E-state index contributed by atoms with van der Waals surface area (Å²) in [5.41, 5.74) is 1.39. The standard InChI is InChI=1S/C16H21ClO.C2HN3/c1-11-10-15(2,3)16(4,18)14(11)9-12-5-7-13(17)8-6-12;1-2-3-4-5(1)2/h5-9,11,18H,10H2,1-4H3;1H. The Morgan fingerprint density at radius 3 is 2.22 bits per heavy atom. The van der Waals surface area contributed by atoms with Gasteiger partial charge in [-0.25, -0.2) is 0 Å². The minimum atomic E-state index is -0.744. The molecule has 2 aliphatic heterocycles. The van der Waals surface area contributed by atoms with Crippen LogP contribution in [0.15, 0.2) is 36.0 Å². The summed E-state index contributed by atoms with van der Waals surface area (Å²) in [6, 6.07) is 7.74. The van der Waals surface area contributed by atoms with Crippen LogP contribution in [0.5, 0.6) is 0 Å². The van der Waals surface area contributed by atoms with Crippen LogP contribution in [0.25, 0.3) is 11.9 Å². The number of nitrogens with zero attached hydrogens (tertiary/aromatic N) is 3. The highest BCUT2D eigenvalue weighted by molar-refractivity contribution is 6.30. The van der Waals surface area contributed by atoms with Gasteiger partial charge in [0.25, 0.3) is 0 Å². The highest BCUT2D eigenvalue weighted by atomic mass is 35.5. The zero-order valence-corrected chi connectivity index (χ0v) is 14.7. The molecule has 0 bridgehead atoms. The van der Waals surface area contributed by atoms with Crippen molar-refractivity contribution in [2.24, 2.45) is 11.3 Å². The minimum absolute atomic E-state index is 0.0787. The van der Waals surface area contributed by atoms with Crippen molar-refractivity contribution in [2.75, 3.05) is 0 Å². The molecule has 23 heavy (non-hydrogen) atoms. The molecule has 0 spiro atoms. The highest BCUT2D eigenvalue weighted by Gasteiger charge is 2.50. The summed E-state index contributed by atoms with van der Waals surface area (Å²) in [5, 5.41) is 18.6. The first-order valence-electron chi connectivity index (χ1n) is 7.83. The Labute approximate surface area is 141 Å². The van der Waals surface area contributed by atoms with E-state index in [1.54, 1.807) is 4.68 Å². The first kappa shape index (κ1) is 16.2. The Morgan fingerprint density at radius 2 is 1.87 bits per heavy atom. The van der Waals surface area contributed by atoms with Gasteiger partial charge in [0.1, 0.15) is 0 Å². The van der Waals surface area contributed by atoms with E-state index in [9.17, 15) is 5.11 Å². The van der Waals surface area contributed by atoms with Gasteiger partial charge < -0.3 is 5.11 Å². The average molecular weight is 332 g/mol. The molecule has 0 aromatic heterocycles. The van der Waals surface area contributed by atoms with Gasteiger partial charge in [-0.3, -0.25) is 0 Å². The van der Waals surface area contributed by atoms with Crippen LogP contribution >= 0.6 is 11.6 Å². The molecule has 1 saturated carbocycles. The minimum Gasteiger partial charge on any atom is -0.385 e. The number of hydrogen-bond donors (Lipinski definition) is 1. The third kappa shape index (κ3) is 3.06. The molecule has 0 saturated heterocycles. The summed E-state index contributed by atoms with van der Waals surface area (Å²) >= 11 is 5.89. The largest absolute Gasteiger partial charge is 0.385 e. The van der Waals surface area contributed by atoms with Gasteiger partial charge in [-0.15, -0.1) is 5.10 Å². The lowest BCUT2D eigenvalue weighted by Crippen LogP contribution is -2.37. The van der Waals surface area contributed by atoms with Crippen molar-refractivity contribution >= 4 is 17.7 Å². The van der Waals surface area contributed by atoms with E-state index in [-0.39, 0.29) is 5.41 Å². The first-order valence-corrected chi connectivity index (χ1v) is 8.21. The molecule has 1 aliphatic carbocycles. The molecule has 1 aromatic carbocycles. The second kappa shape index (κ2) is 5.46. The maximum Gasteiger partial charge on any atom is 0.197 e. The predicted octanol–water partition coefficient (Wildman–Crippen LogP) is 4.12. The van der Waals surface area contributed by atoms with Crippen molar-refractivity contribution in [1.82, 2.24) is 15.0 Å². The predicted molar refractivity (Wildman–Crippen MR) is 92.5 cm³/mol. The van der Waals surface area contributed by atoms with E-state index in [1.165, 1.54) is 0 Å². The zero-order valence-electron chi connectivity index (χ0n) is 13.9. The van der Waals surface area contributed by atoms with Crippen LogP contribution in [0.2, 0.25) is 5.02 Å². The third-order valence-corrected chi connectivity index (χ3v) is 5.32. The smallest absolute Gasteiger partial charge is 0.197 e. The quantitative estimate of drug-likeness (QED) is 0.729. The Hall–Kier alpha value is -1.65. The zero-order chi connectivity index (χ0) is 16.8. The second-order valence-electron chi connectivity index (χ2n) is 7.23. The van der Waals surface area contributed by atoms with Crippen molar-refractivity contribution < 1.29 is 5.11 Å². The molecule has 1 aromatic rings. The van der Waals surface area contributed by atoms with Crippen molar-refractivity contribution in [2.45, 2.75) is 39.7 Å². The molecule has 2 unspecified atom stereocenters. The Morgan fingerprint density at radius 1 is 1.26 bits per heavy atom. The SMILES string of the molecule is CC1CC(C)(C)C(C)(O)C1=Cc1ccc(Cl)cc1.c1c2nnn1-2. The Kier molecular flexibility index (Phi) is 3.85. The number of hydrogen-bond acceptors (Lipinski definition) is 3. The van der Waals surface area contributed by atoms with E-state index in [0.29, 0.717) is 5.92 Å². The van der Waals surface area contributed by atoms with Crippen molar-refractivity contribution in [1.29, 1.82) is 0 Å². The van der Waals surface area contributed by atoms with Gasteiger partial charge in [-0.05, 0) is 47.9 Å². The van der Waals surface area contributed by atoms with Gasteiger partial charge in [-0.1, -0.05) is 55.8 Å². The first-order chi connectivity index (χ1) is 10.7. The summed E-state index contributed by atoms with van der Waals surface area (Å²) in [6.07, 6.45) is 4.98. The fourth-order valence-corrected chi connectivity index (χ4v) is 3.37. The maximum absolute atomic E-state index is 10.8. The summed E-state index contributed by atoms with van der Waals surface area (Å²) in [6.45, 7) is 8.38. The molecule has 1 N–H and O–H groups in total. The lowest BCUT2D eigenvalue weighted by molar-refractivity contribution is 0.00416. The van der Waals surface area contributed by atoms with Crippen LogP contribution in [-0.4, -0.2) is 25.7 Å². The third-order valence-electron chi connectivity index (χ3n) is 5.07. The fourth-order valence-electron chi connectivity index (χ4n) is 3.25. The van der Waals surface area contributed by atoms with Crippen molar-refractivity contribution in [3.63, 3.8) is 0 Å². The summed E-state index contributed by atoms with van der Waals surface area (Å²) in [7, 11) is 0. The molecule has 2 atom stereocenters. The molecule has 4 rings (SSSR count). The van der Waals surface area contributed by atoms with E-state index >= 15 is 0 Å². The number of aliphatic hydroxyl groups is 1. The van der Waals surface area contributed by atoms with Gasteiger partial charge in [0.05, 0.1) is 11.8 Å². The van der Waals surface area contributed by atoms with Crippen LogP contribution in [0, 0.1) is 11.3 Å². The Balaban J connectivity index is 0.000000258. The van der Waals surface area contributed by atoms with Gasteiger partial charge in [0.2, 0.25) is 0 Å². The molecular formula is C18H22ClN3O. The fraction of sp³-hybridized carbons (Fsp3) is 0.444. The topological polar surface area (TPSA) is 50.9 Å². The summed E-state index contributed by atoms with van der Waals surface area (Å²) in [4.78, 5) is 0. The molecule has 0 amide bonds. The molecule has 3 aliphatic rings. The van der Waals surface area contributed by atoms with E-state index in [0.717, 1.165) is 28.4 Å². The van der Waals surface area contributed by atoms with Crippen molar-refractivity contribution in [3.8, 4) is 5.82 Å².